The summed E-state index contributed by atoms with van der Waals surface area (Å²) in [5, 5.41) is 16.5. The highest BCUT2D eigenvalue weighted by molar-refractivity contribution is 7.95. The third-order valence-corrected chi connectivity index (χ3v) is 16.9. The first-order valence-corrected chi connectivity index (χ1v) is 26.1. The van der Waals surface area contributed by atoms with Crippen molar-refractivity contribution < 1.29 is 19.2 Å². The number of hydrogen-bond acceptors (Lipinski definition) is 4. The summed E-state index contributed by atoms with van der Waals surface area (Å²) in [4.78, 5) is 54.5. The summed E-state index contributed by atoms with van der Waals surface area (Å²) in [6.07, 6.45) is 8.81. The Morgan fingerprint density at radius 3 is 0.970 bits per heavy atom. The number of aryl methyl sites for hydroxylation is 3. The van der Waals surface area contributed by atoms with Gasteiger partial charge in [0, 0.05) is 45.3 Å². The van der Waals surface area contributed by atoms with Gasteiger partial charge in [0.15, 0.2) is 0 Å². The summed E-state index contributed by atoms with van der Waals surface area (Å²) >= 11 is 0. The summed E-state index contributed by atoms with van der Waals surface area (Å²) in [5.41, 5.74) is 2.31. The van der Waals surface area contributed by atoms with Crippen molar-refractivity contribution in [2.45, 2.75) is 89.0 Å². The molecule has 0 saturated carbocycles. The number of benzene rings is 6. The molecule has 0 fully saturated rings. The lowest BCUT2D eigenvalue weighted by atomic mass is 9.97. The summed E-state index contributed by atoms with van der Waals surface area (Å²) in [7, 11) is -2.01. The minimum atomic E-state index is -2.01. The van der Waals surface area contributed by atoms with Crippen LogP contribution >= 0.6 is 7.26 Å². The lowest BCUT2D eigenvalue weighted by Crippen LogP contribution is -2.66. The second-order valence-corrected chi connectivity index (χ2v) is 21.1. The highest BCUT2D eigenvalue weighted by Crippen LogP contribution is 2.56. The summed E-state index contributed by atoms with van der Waals surface area (Å²) in [6.45, 7) is 0.112. The van der Waals surface area contributed by atoms with E-state index in [0.717, 1.165) is 55.0 Å². The van der Waals surface area contributed by atoms with Crippen molar-refractivity contribution in [1.82, 2.24) is 21.3 Å². The molecule has 0 aromatic heterocycles. The number of rotatable bonds is 28. The molecular formula is C58H68N4O4P+. The van der Waals surface area contributed by atoms with Crippen LogP contribution in [0.3, 0.4) is 0 Å². The molecule has 0 aliphatic carbocycles. The first-order valence-electron chi connectivity index (χ1n) is 24.1. The number of hydrogen-bond donors (Lipinski definition) is 4. The van der Waals surface area contributed by atoms with Crippen molar-refractivity contribution >= 4 is 46.8 Å². The SMILES string of the molecule is O=C(CCCc1ccccc1)NCC(CNC(=O)CCCc1ccccc1)(CNC(=O)CCCc1ccccc1)NC(=O)CCCCC[P+](c1ccccc1)(c1ccccc1)c1ccccc1. The molecule has 8 nitrogen and oxygen atoms in total. The fourth-order valence-corrected chi connectivity index (χ4v) is 13.1. The van der Waals surface area contributed by atoms with Crippen LogP contribution in [0.15, 0.2) is 182 Å². The van der Waals surface area contributed by atoms with E-state index >= 15 is 0 Å². The molecule has 6 aromatic carbocycles. The first kappa shape index (κ1) is 50.1. The normalized spacial score (nSPS) is 11.3. The van der Waals surface area contributed by atoms with Crippen LogP contribution in [0.1, 0.15) is 80.9 Å². The summed E-state index contributed by atoms with van der Waals surface area (Å²) in [5.74, 6) is -0.648. The molecule has 6 aromatic rings. The Balaban J connectivity index is 1.14. The molecule has 67 heavy (non-hydrogen) atoms. The predicted octanol–water partition coefficient (Wildman–Crippen LogP) is 8.81. The van der Waals surface area contributed by atoms with Gasteiger partial charge >= 0.3 is 0 Å². The van der Waals surface area contributed by atoms with Crippen LogP contribution in [-0.4, -0.2) is 55.0 Å². The van der Waals surface area contributed by atoms with Crippen molar-refractivity contribution in [3.05, 3.63) is 199 Å². The van der Waals surface area contributed by atoms with Crippen molar-refractivity contribution in [1.29, 1.82) is 0 Å². The number of amides is 4. The van der Waals surface area contributed by atoms with Gasteiger partial charge in [-0.1, -0.05) is 146 Å². The van der Waals surface area contributed by atoms with Crippen LogP contribution in [0.4, 0.5) is 0 Å². The van der Waals surface area contributed by atoms with E-state index in [1.54, 1.807) is 0 Å². The molecule has 0 saturated heterocycles. The van der Waals surface area contributed by atoms with Crippen LogP contribution in [0.25, 0.3) is 0 Å². The zero-order chi connectivity index (χ0) is 46.8. The van der Waals surface area contributed by atoms with E-state index in [4.69, 9.17) is 0 Å². The Bertz CT molecular complexity index is 2120. The molecule has 0 radical (unpaired) electrons. The number of carbonyl (C=O) groups excluding carboxylic acids is 4. The lowest BCUT2D eigenvalue weighted by molar-refractivity contribution is -0.126. The quantitative estimate of drug-likeness (QED) is 0.0291. The second-order valence-electron chi connectivity index (χ2n) is 17.5. The Morgan fingerprint density at radius 2 is 0.642 bits per heavy atom. The maximum atomic E-state index is 14.2. The lowest BCUT2D eigenvalue weighted by Gasteiger charge is -2.35. The minimum absolute atomic E-state index is 0.0374. The second kappa shape index (κ2) is 27.3. The van der Waals surface area contributed by atoms with E-state index in [1.807, 2.05) is 54.6 Å². The third kappa shape index (κ3) is 16.5. The maximum Gasteiger partial charge on any atom is 0.220 e. The fourth-order valence-electron chi connectivity index (χ4n) is 8.73. The van der Waals surface area contributed by atoms with E-state index in [1.165, 1.54) is 15.9 Å². The van der Waals surface area contributed by atoms with Gasteiger partial charge in [-0.2, -0.15) is 0 Å². The topological polar surface area (TPSA) is 116 Å². The Morgan fingerprint density at radius 1 is 0.343 bits per heavy atom. The van der Waals surface area contributed by atoms with Crippen LogP contribution in [0, 0.1) is 0 Å². The van der Waals surface area contributed by atoms with Gasteiger partial charge in [0.2, 0.25) is 23.6 Å². The van der Waals surface area contributed by atoms with Gasteiger partial charge in [-0.25, -0.2) is 0 Å². The zero-order valence-corrected chi connectivity index (χ0v) is 39.8. The molecule has 0 aliphatic heterocycles. The molecule has 4 N–H and O–H groups in total. The maximum absolute atomic E-state index is 14.2. The molecule has 0 unspecified atom stereocenters. The number of unbranched alkanes of at least 4 members (excludes halogenated alkanes) is 2. The van der Waals surface area contributed by atoms with E-state index in [-0.39, 0.29) is 49.7 Å². The third-order valence-electron chi connectivity index (χ3n) is 12.4. The monoisotopic (exact) mass is 915 g/mol. The molecule has 9 heteroatoms. The van der Waals surface area contributed by atoms with Gasteiger partial charge in [-0.3, -0.25) is 19.2 Å². The van der Waals surface area contributed by atoms with Gasteiger partial charge in [-0.05, 0) is 111 Å². The van der Waals surface area contributed by atoms with Crippen LogP contribution in [-0.2, 0) is 38.4 Å². The fraction of sp³-hybridized carbons (Fsp3) is 0.310. The minimum Gasteiger partial charge on any atom is -0.354 e. The Kier molecular flexibility index (Phi) is 20.4. The highest BCUT2D eigenvalue weighted by Gasteiger charge is 2.44. The van der Waals surface area contributed by atoms with E-state index < -0.39 is 12.8 Å². The molecule has 0 heterocycles. The van der Waals surface area contributed by atoms with Crippen molar-refractivity contribution in [2.75, 3.05) is 25.8 Å². The van der Waals surface area contributed by atoms with Crippen LogP contribution in [0.5, 0.6) is 0 Å². The molecule has 0 atom stereocenters. The standard InChI is InChI=1S/C58H67N4O4P/c63-54(41-22-31-48-25-8-1-9-26-48)59-45-58(46-60-55(64)42-23-32-49-27-10-2-11-28-49,47-61-56(65)43-24-33-50-29-12-3-13-30-50)62-57(66)40-20-7-21-44-67(51-34-14-4-15-35-51,52-36-16-5-17-37-52)53-38-18-6-19-39-53/h1-6,8-19,25-30,34-39H,7,20-24,31-33,40-47H2,(H3-,59,60,61,62,63,64,65,66)/p+1. The average Bonchev–Trinajstić information content (AvgIpc) is 3.37. The average molecular weight is 916 g/mol. The molecule has 4 amide bonds. The van der Waals surface area contributed by atoms with Crippen molar-refractivity contribution in [2.24, 2.45) is 0 Å². The first-order chi connectivity index (χ1) is 32.8. The Hall–Kier alpha value is -6.37. The summed E-state index contributed by atoms with van der Waals surface area (Å²) < 4.78 is 0. The molecule has 0 spiro atoms. The van der Waals surface area contributed by atoms with Crippen molar-refractivity contribution in [3.8, 4) is 0 Å². The van der Waals surface area contributed by atoms with E-state index in [0.29, 0.717) is 44.9 Å². The van der Waals surface area contributed by atoms with Crippen LogP contribution < -0.4 is 37.2 Å². The predicted molar refractivity (Wildman–Crippen MR) is 277 cm³/mol. The van der Waals surface area contributed by atoms with Gasteiger partial charge < -0.3 is 21.3 Å². The van der Waals surface area contributed by atoms with Gasteiger partial charge in [-0.15, -0.1) is 0 Å². The van der Waals surface area contributed by atoms with Crippen molar-refractivity contribution in [3.63, 3.8) is 0 Å². The van der Waals surface area contributed by atoms with Crippen LogP contribution in [0.2, 0.25) is 0 Å². The number of nitrogens with one attached hydrogen (secondary N) is 4. The number of carbonyl (C=O) groups is 4. The van der Waals surface area contributed by atoms with Gasteiger partial charge in [0.1, 0.15) is 23.2 Å². The zero-order valence-electron chi connectivity index (χ0n) is 38.9. The molecule has 348 valence electrons. The molecule has 0 bridgehead atoms. The molecule has 6 rings (SSSR count). The van der Waals surface area contributed by atoms with E-state index in [9.17, 15) is 19.2 Å². The molecular weight excluding hydrogens is 848 g/mol. The largest absolute Gasteiger partial charge is 0.354 e. The summed E-state index contributed by atoms with van der Waals surface area (Å²) in [6, 6.07) is 62.7. The van der Waals surface area contributed by atoms with Gasteiger partial charge in [0.25, 0.3) is 0 Å². The smallest absolute Gasteiger partial charge is 0.220 e. The molecule has 0 aliphatic rings. The van der Waals surface area contributed by atoms with Gasteiger partial charge in [0.05, 0.1) is 11.7 Å². The highest BCUT2D eigenvalue weighted by atomic mass is 31.2. The van der Waals surface area contributed by atoms with E-state index in [2.05, 4.69) is 149 Å². The Labute approximate surface area is 399 Å².